The number of carbonyl (C=O) groups excluding carboxylic acids is 2. The molecule has 4 aromatic rings. The Kier molecular flexibility index (Phi) is 7.18. The molecule has 2 amide bonds. The second-order valence-corrected chi connectivity index (χ2v) is 9.75. The lowest BCUT2D eigenvalue weighted by Crippen LogP contribution is -2.46. The molecule has 0 saturated carbocycles. The highest BCUT2D eigenvalue weighted by atomic mass is 35.5. The molecular formula is C26H22Cl2F2N6O2. The molecule has 0 aliphatic carbocycles. The third-order valence-corrected chi connectivity index (χ3v) is 7.13. The van der Waals surface area contributed by atoms with Gasteiger partial charge in [0.25, 0.3) is 0 Å². The van der Waals surface area contributed by atoms with E-state index in [4.69, 9.17) is 28.9 Å². The predicted octanol–water partition coefficient (Wildman–Crippen LogP) is 4.38. The van der Waals surface area contributed by atoms with Crippen molar-refractivity contribution in [3.05, 3.63) is 76.4 Å². The summed E-state index contributed by atoms with van der Waals surface area (Å²) in [6.45, 7) is -0.618. The van der Waals surface area contributed by atoms with Crippen LogP contribution in [0.1, 0.15) is 12.0 Å². The highest BCUT2D eigenvalue weighted by Crippen LogP contribution is 2.36. The van der Waals surface area contributed by atoms with Crippen LogP contribution in [-0.4, -0.2) is 50.0 Å². The van der Waals surface area contributed by atoms with Gasteiger partial charge < -0.3 is 20.5 Å². The van der Waals surface area contributed by atoms with Crippen molar-refractivity contribution in [3.63, 3.8) is 0 Å². The van der Waals surface area contributed by atoms with Gasteiger partial charge in [0.1, 0.15) is 42.4 Å². The van der Waals surface area contributed by atoms with E-state index in [0.29, 0.717) is 27.2 Å². The summed E-state index contributed by atoms with van der Waals surface area (Å²) in [6, 6.07) is 10.5. The van der Waals surface area contributed by atoms with Crippen LogP contribution in [0.3, 0.4) is 0 Å². The number of anilines is 1. The van der Waals surface area contributed by atoms with E-state index < -0.39 is 29.8 Å². The monoisotopic (exact) mass is 558 g/mol. The largest absolute Gasteiger partial charge is 0.383 e. The van der Waals surface area contributed by atoms with Crippen molar-refractivity contribution < 1.29 is 18.4 Å². The smallest absolute Gasteiger partial charge is 0.243 e. The van der Waals surface area contributed by atoms with Crippen LogP contribution >= 0.6 is 23.2 Å². The maximum Gasteiger partial charge on any atom is 0.243 e. The maximum atomic E-state index is 14.4. The van der Waals surface area contributed by atoms with Crippen LogP contribution in [0.5, 0.6) is 0 Å². The zero-order valence-electron chi connectivity index (χ0n) is 19.9. The summed E-state index contributed by atoms with van der Waals surface area (Å²) in [6.07, 6.45) is 1.43. The number of halogens is 4. The Balaban J connectivity index is 1.39. The summed E-state index contributed by atoms with van der Waals surface area (Å²) in [5.41, 5.74) is 8.05. The number of nitrogens with two attached hydrogens (primary N) is 1. The second-order valence-electron chi connectivity index (χ2n) is 8.93. The minimum atomic E-state index is -1.38. The quantitative estimate of drug-likeness (QED) is 0.365. The Labute approximate surface area is 226 Å². The third kappa shape index (κ3) is 4.89. The van der Waals surface area contributed by atoms with E-state index in [9.17, 15) is 18.4 Å². The summed E-state index contributed by atoms with van der Waals surface area (Å²) in [7, 11) is 0. The first-order valence-electron chi connectivity index (χ1n) is 11.7. The molecule has 1 aliphatic rings. The van der Waals surface area contributed by atoms with E-state index in [1.165, 1.54) is 23.4 Å². The Bertz CT molecular complexity index is 1550. The molecule has 2 atom stereocenters. The molecule has 3 N–H and O–H groups in total. The van der Waals surface area contributed by atoms with Crippen LogP contribution in [0.4, 0.5) is 14.6 Å². The van der Waals surface area contributed by atoms with Gasteiger partial charge in [-0.3, -0.25) is 9.59 Å². The zero-order chi connectivity index (χ0) is 27.0. The number of alkyl halides is 1. The van der Waals surface area contributed by atoms with Gasteiger partial charge in [0, 0.05) is 40.9 Å². The summed E-state index contributed by atoms with van der Waals surface area (Å²) in [5.74, 6) is -1.50. The van der Waals surface area contributed by atoms with E-state index in [1.807, 2.05) is 12.1 Å². The molecule has 1 saturated heterocycles. The van der Waals surface area contributed by atoms with Crippen molar-refractivity contribution in [2.75, 3.05) is 12.3 Å². The molecule has 1 fully saturated rings. The van der Waals surface area contributed by atoms with Crippen molar-refractivity contribution in [3.8, 4) is 11.1 Å². The van der Waals surface area contributed by atoms with Crippen LogP contribution in [0, 0.1) is 5.82 Å². The number of nitrogen functional groups attached to an aromatic ring is 1. The molecular weight excluding hydrogens is 537 g/mol. The fourth-order valence-electron chi connectivity index (χ4n) is 4.68. The Hall–Kier alpha value is -3.76. The van der Waals surface area contributed by atoms with Crippen molar-refractivity contribution >= 4 is 51.9 Å². The topological polar surface area (TPSA) is 106 Å². The maximum absolute atomic E-state index is 14.4. The minimum Gasteiger partial charge on any atom is -0.383 e. The first-order valence-corrected chi connectivity index (χ1v) is 12.5. The molecule has 8 nitrogen and oxygen atoms in total. The van der Waals surface area contributed by atoms with Gasteiger partial charge in [0.05, 0.1) is 17.0 Å². The molecule has 0 bridgehead atoms. The zero-order valence-corrected chi connectivity index (χ0v) is 21.4. The molecule has 0 radical (unpaired) electrons. The second kappa shape index (κ2) is 10.5. The number of benzene rings is 2. The number of amides is 2. The number of carbonyl (C=O) groups is 2. The van der Waals surface area contributed by atoms with Gasteiger partial charge >= 0.3 is 0 Å². The fourth-order valence-corrected chi connectivity index (χ4v) is 5.11. The van der Waals surface area contributed by atoms with Gasteiger partial charge in [-0.25, -0.2) is 18.7 Å². The predicted molar refractivity (Wildman–Crippen MR) is 141 cm³/mol. The van der Waals surface area contributed by atoms with Gasteiger partial charge in [-0.15, -0.1) is 0 Å². The number of likely N-dealkylation sites (tertiary alicyclic amines) is 1. The normalized spacial score (nSPS) is 17.2. The molecule has 2 aromatic carbocycles. The highest BCUT2D eigenvalue weighted by Gasteiger charge is 2.40. The molecule has 12 heteroatoms. The van der Waals surface area contributed by atoms with E-state index >= 15 is 0 Å². The van der Waals surface area contributed by atoms with Gasteiger partial charge in [0.2, 0.25) is 11.8 Å². The SMILES string of the molecule is Nc1ncnc2c1c(-c1ccccc1Cl)cn2CC(=O)N1C[C@H](F)C[C@H]1C(=O)NCc1cccc(Cl)c1F. The minimum absolute atomic E-state index is 0.0715. The molecule has 0 unspecified atom stereocenters. The highest BCUT2D eigenvalue weighted by molar-refractivity contribution is 6.33. The average molecular weight is 559 g/mol. The number of nitrogens with one attached hydrogen (secondary N) is 1. The van der Waals surface area contributed by atoms with Gasteiger partial charge in [-0.1, -0.05) is 53.5 Å². The van der Waals surface area contributed by atoms with Crippen molar-refractivity contribution in [2.45, 2.75) is 31.7 Å². The van der Waals surface area contributed by atoms with Gasteiger partial charge in [-0.05, 0) is 12.1 Å². The Morgan fingerprint density at radius 2 is 1.84 bits per heavy atom. The molecule has 5 rings (SSSR count). The fraction of sp³-hybridized carbons (Fsp3) is 0.231. The van der Waals surface area contributed by atoms with Crippen LogP contribution in [0.15, 0.2) is 55.0 Å². The average Bonchev–Trinajstić information content (AvgIpc) is 3.47. The van der Waals surface area contributed by atoms with Crippen molar-refractivity contribution in [1.29, 1.82) is 0 Å². The number of hydrogen-bond acceptors (Lipinski definition) is 5. The first kappa shape index (κ1) is 25.9. The molecule has 0 spiro atoms. The summed E-state index contributed by atoms with van der Waals surface area (Å²) in [4.78, 5) is 35.9. The van der Waals surface area contributed by atoms with E-state index in [2.05, 4.69) is 15.3 Å². The first-order chi connectivity index (χ1) is 18.2. The lowest BCUT2D eigenvalue weighted by atomic mass is 10.1. The van der Waals surface area contributed by atoms with Crippen LogP contribution < -0.4 is 11.1 Å². The summed E-state index contributed by atoms with van der Waals surface area (Å²) < 4.78 is 30.2. The third-order valence-electron chi connectivity index (χ3n) is 6.51. The standard InChI is InChI=1S/C26H22Cl2F2N6O2/c27-18-6-2-1-5-16(18)17-11-35(25-22(17)24(31)33-13-34-25)12-21(37)36-10-15(29)8-20(36)26(38)32-9-14-4-3-7-19(28)23(14)30/h1-7,11,13,15,20H,8-10,12H2,(H,32,38)(H2,31,33,34)/t15-,20+/m1/s1. The molecule has 2 aromatic heterocycles. The molecule has 38 heavy (non-hydrogen) atoms. The number of rotatable bonds is 6. The number of hydrogen-bond donors (Lipinski definition) is 2. The van der Waals surface area contributed by atoms with Crippen LogP contribution in [0.2, 0.25) is 10.0 Å². The van der Waals surface area contributed by atoms with E-state index in [0.717, 1.165) is 0 Å². The Morgan fingerprint density at radius 1 is 1.08 bits per heavy atom. The lowest BCUT2D eigenvalue weighted by Gasteiger charge is -2.24. The van der Waals surface area contributed by atoms with Crippen molar-refractivity contribution in [1.82, 2.24) is 24.8 Å². The Morgan fingerprint density at radius 3 is 2.63 bits per heavy atom. The van der Waals surface area contributed by atoms with Crippen molar-refractivity contribution in [2.24, 2.45) is 0 Å². The summed E-state index contributed by atoms with van der Waals surface area (Å²) in [5, 5.41) is 3.52. The van der Waals surface area contributed by atoms with Crippen LogP contribution in [-0.2, 0) is 22.7 Å². The summed E-state index contributed by atoms with van der Waals surface area (Å²) >= 11 is 12.2. The number of fused-ring (bicyclic) bond motifs is 1. The van der Waals surface area contributed by atoms with E-state index in [1.54, 1.807) is 29.0 Å². The van der Waals surface area contributed by atoms with E-state index in [-0.39, 0.29) is 42.5 Å². The number of nitrogens with zero attached hydrogens (tertiary/aromatic N) is 4. The molecule has 196 valence electrons. The lowest BCUT2D eigenvalue weighted by molar-refractivity contribution is -0.139. The van der Waals surface area contributed by atoms with Gasteiger partial charge in [0.15, 0.2) is 0 Å². The number of aromatic nitrogens is 3. The molecule has 3 heterocycles. The van der Waals surface area contributed by atoms with Crippen LogP contribution in [0.25, 0.3) is 22.2 Å². The van der Waals surface area contributed by atoms with Gasteiger partial charge in [-0.2, -0.15) is 0 Å². The molecule has 1 aliphatic heterocycles.